The van der Waals surface area contributed by atoms with Crippen molar-refractivity contribution in [3.63, 3.8) is 0 Å². The van der Waals surface area contributed by atoms with E-state index in [1.807, 2.05) is 0 Å². The van der Waals surface area contributed by atoms with E-state index in [-0.39, 0.29) is 30.2 Å². The van der Waals surface area contributed by atoms with E-state index in [1.54, 1.807) is 0 Å². The average molecular weight is 270 g/mol. The van der Waals surface area contributed by atoms with Crippen molar-refractivity contribution in [3.05, 3.63) is 0 Å². The third kappa shape index (κ3) is 4.18. The Bertz CT molecular complexity index is 284. The fourth-order valence-electron chi connectivity index (χ4n) is 3.26. The number of carbonyl (C=O) groups is 1. The first-order valence-electron chi connectivity index (χ1n) is 7.62. The number of rotatable bonds is 3. The van der Waals surface area contributed by atoms with Crippen molar-refractivity contribution >= 4 is 5.97 Å². The van der Waals surface area contributed by atoms with E-state index in [4.69, 9.17) is 9.47 Å². The summed E-state index contributed by atoms with van der Waals surface area (Å²) in [6.45, 7) is 0. The van der Waals surface area contributed by atoms with Gasteiger partial charge in [0.05, 0.1) is 31.3 Å². The molecule has 0 aromatic heterocycles. The molecular formula is C15H26O4. The van der Waals surface area contributed by atoms with Crippen LogP contribution in [0.5, 0.6) is 0 Å². The SMILES string of the molecule is COC(=O)C1CCC(OC2CCCCCC2O)CC1. The first-order chi connectivity index (χ1) is 9.20. The maximum atomic E-state index is 11.5. The van der Waals surface area contributed by atoms with E-state index in [1.165, 1.54) is 13.5 Å². The van der Waals surface area contributed by atoms with Crippen molar-refractivity contribution < 1.29 is 19.4 Å². The van der Waals surface area contributed by atoms with Crippen LogP contribution >= 0.6 is 0 Å². The second kappa shape index (κ2) is 7.25. The Morgan fingerprint density at radius 2 is 1.68 bits per heavy atom. The van der Waals surface area contributed by atoms with Crippen LogP contribution in [0.15, 0.2) is 0 Å². The van der Waals surface area contributed by atoms with Gasteiger partial charge in [0.2, 0.25) is 0 Å². The van der Waals surface area contributed by atoms with Gasteiger partial charge in [0.25, 0.3) is 0 Å². The van der Waals surface area contributed by atoms with Crippen molar-refractivity contribution in [2.24, 2.45) is 5.92 Å². The Balaban J connectivity index is 1.76. The molecule has 110 valence electrons. The number of carbonyl (C=O) groups excluding carboxylic acids is 1. The third-order valence-corrected chi connectivity index (χ3v) is 4.49. The maximum Gasteiger partial charge on any atom is 0.308 e. The molecule has 0 spiro atoms. The summed E-state index contributed by atoms with van der Waals surface area (Å²) in [6.07, 6.45) is 8.70. The molecule has 2 rings (SSSR count). The Labute approximate surface area is 115 Å². The van der Waals surface area contributed by atoms with Gasteiger partial charge in [-0.25, -0.2) is 0 Å². The molecule has 0 aromatic carbocycles. The summed E-state index contributed by atoms with van der Waals surface area (Å²) < 4.78 is 10.9. The average Bonchev–Trinajstić information content (AvgIpc) is 2.64. The number of aliphatic hydroxyl groups is 1. The predicted octanol–water partition coefficient (Wildman–Crippen LogP) is 2.43. The molecular weight excluding hydrogens is 244 g/mol. The number of ether oxygens (including phenoxy) is 2. The Morgan fingerprint density at radius 3 is 2.37 bits per heavy atom. The summed E-state index contributed by atoms with van der Waals surface area (Å²) in [5.74, 6) is -0.0446. The van der Waals surface area contributed by atoms with Crippen LogP contribution in [-0.4, -0.2) is 36.5 Å². The predicted molar refractivity (Wildman–Crippen MR) is 71.7 cm³/mol. The van der Waals surface area contributed by atoms with Gasteiger partial charge < -0.3 is 14.6 Å². The van der Waals surface area contributed by atoms with Gasteiger partial charge in [0.1, 0.15) is 0 Å². The Hall–Kier alpha value is -0.610. The lowest BCUT2D eigenvalue weighted by molar-refractivity contribution is -0.149. The monoisotopic (exact) mass is 270 g/mol. The van der Waals surface area contributed by atoms with Gasteiger partial charge in [-0.1, -0.05) is 19.3 Å². The minimum atomic E-state index is -0.305. The van der Waals surface area contributed by atoms with Gasteiger partial charge >= 0.3 is 5.97 Å². The summed E-state index contributed by atoms with van der Waals surface area (Å²) in [7, 11) is 1.45. The highest BCUT2D eigenvalue weighted by Gasteiger charge is 2.31. The van der Waals surface area contributed by atoms with E-state index in [0.29, 0.717) is 0 Å². The smallest absolute Gasteiger partial charge is 0.308 e. The number of methoxy groups -OCH3 is 1. The molecule has 0 radical (unpaired) electrons. The quantitative estimate of drug-likeness (QED) is 0.632. The number of hydrogen-bond donors (Lipinski definition) is 1. The Kier molecular flexibility index (Phi) is 5.64. The van der Waals surface area contributed by atoms with Crippen LogP contribution in [0.3, 0.4) is 0 Å². The minimum absolute atomic E-state index is 0.00202. The minimum Gasteiger partial charge on any atom is -0.469 e. The van der Waals surface area contributed by atoms with Gasteiger partial charge in [-0.2, -0.15) is 0 Å². The lowest BCUT2D eigenvalue weighted by Crippen LogP contribution is -2.35. The number of aliphatic hydroxyl groups excluding tert-OH is 1. The molecule has 4 heteroatoms. The van der Waals surface area contributed by atoms with Crippen molar-refractivity contribution in [2.75, 3.05) is 7.11 Å². The lowest BCUT2D eigenvalue weighted by Gasteiger charge is -2.31. The highest BCUT2D eigenvalue weighted by molar-refractivity contribution is 5.72. The molecule has 0 heterocycles. The maximum absolute atomic E-state index is 11.5. The highest BCUT2D eigenvalue weighted by atomic mass is 16.5. The zero-order chi connectivity index (χ0) is 13.7. The molecule has 2 aliphatic rings. The summed E-state index contributed by atoms with van der Waals surface area (Å²) in [6, 6.07) is 0. The van der Waals surface area contributed by atoms with Crippen molar-refractivity contribution in [2.45, 2.75) is 76.1 Å². The molecule has 2 aliphatic carbocycles. The molecule has 2 unspecified atom stereocenters. The summed E-state index contributed by atoms with van der Waals surface area (Å²) >= 11 is 0. The molecule has 0 aromatic rings. The van der Waals surface area contributed by atoms with Crippen LogP contribution in [0.1, 0.15) is 57.8 Å². The van der Waals surface area contributed by atoms with Crippen LogP contribution in [-0.2, 0) is 14.3 Å². The molecule has 0 saturated heterocycles. The topological polar surface area (TPSA) is 55.8 Å². The molecule has 2 saturated carbocycles. The van der Waals surface area contributed by atoms with Gasteiger partial charge in [-0.15, -0.1) is 0 Å². The molecule has 2 fully saturated rings. The van der Waals surface area contributed by atoms with E-state index in [2.05, 4.69) is 0 Å². The van der Waals surface area contributed by atoms with Crippen molar-refractivity contribution in [3.8, 4) is 0 Å². The first-order valence-corrected chi connectivity index (χ1v) is 7.62. The second-order valence-electron chi connectivity index (χ2n) is 5.88. The van der Waals surface area contributed by atoms with Crippen LogP contribution in [0.4, 0.5) is 0 Å². The fraction of sp³-hybridized carbons (Fsp3) is 0.933. The molecule has 1 N–H and O–H groups in total. The van der Waals surface area contributed by atoms with Gasteiger partial charge in [-0.3, -0.25) is 4.79 Å². The van der Waals surface area contributed by atoms with Gasteiger partial charge in [-0.05, 0) is 38.5 Å². The van der Waals surface area contributed by atoms with E-state index < -0.39 is 0 Å². The van der Waals surface area contributed by atoms with Crippen LogP contribution in [0, 0.1) is 5.92 Å². The standard InChI is InChI=1S/C15H26O4/c1-18-15(17)11-7-9-12(10-8-11)19-14-6-4-2-3-5-13(14)16/h11-14,16H,2-10H2,1H3. The molecule has 19 heavy (non-hydrogen) atoms. The van der Waals surface area contributed by atoms with E-state index >= 15 is 0 Å². The van der Waals surface area contributed by atoms with E-state index in [0.717, 1.165) is 51.4 Å². The molecule has 0 aliphatic heterocycles. The number of esters is 1. The molecule has 2 atom stereocenters. The Morgan fingerprint density at radius 1 is 1.00 bits per heavy atom. The number of hydrogen-bond acceptors (Lipinski definition) is 4. The summed E-state index contributed by atoms with van der Waals surface area (Å²) in [4.78, 5) is 11.5. The fourth-order valence-corrected chi connectivity index (χ4v) is 3.26. The van der Waals surface area contributed by atoms with Crippen molar-refractivity contribution in [1.82, 2.24) is 0 Å². The molecule has 4 nitrogen and oxygen atoms in total. The normalized spacial score (nSPS) is 36.5. The second-order valence-corrected chi connectivity index (χ2v) is 5.88. The highest BCUT2D eigenvalue weighted by Crippen LogP contribution is 2.30. The van der Waals surface area contributed by atoms with Gasteiger partial charge in [0.15, 0.2) is 0 Å². The molecule has 0 amide bonds. The summed E-state index contributed by atoms with van der Waals surface area (Å²) in [5, 5.41) is 10.1. The van der Waals surface area contributed by atoms with Gasteiger partial charge in [0, 0.05) is 0 Å². The third-order valence-electron chi connectivity index (χ3n) is 4.49. The van der Waals surface area contributed by atoms with Crippen molar-refractivity contribution in [1.29, 1.82) is 0 Å². The summed E-state index contributed by atoms with van der Waals surface area (Å²) in [5.41, 5.74) is 0. The van der Waals surface area contributed by atoms with E-state index in [9.17, 15) is 9.90 Å². The molecule has 0 bridgehead atoms. The first kappa shape index (κ1) is 14.8. The van der Waals surface area contributed by atoms with Crippen LogP contribution < -0.4 is 0 Å². The zero-order valence-electron chi connectivity index (χ0n) is 11.8. The van der Waals surface area contributed by atoms with Crippen LogP contribution in [0.2, 0.25) is 0 Å². The van der Waals surface area contributed by atoms with Crippen LogP contribution in [0.25, 0.3) is 0 Å². The zero-order valence-corrected chi connectivity index (χ0v) is 11.8. The largest absolute Gasteiger partial charge is 0.469 e. The lowest BCUT2D eigenvalue weighted by atomic mass is 9.87.